The predicted octanol–water partition coefficient (Wildman–Crippen LogP) is 2.47. The van der Waals surface area contributed by atoms with E-state index in [1.54, 1.807) is 0 Å². The minimum atomic E-state index is -3.90. The maximum Gasteiger partial charge on any atom is 0.314 e. The van der Waals surface area contributed by atoms with Crippen LogP contribution < -0.4 is 4.31 Å². The standard InChI is InChI=1S/C19H19F3N6O4S2/c20-11-3-12(6-23-5-11)28(34(29,30)2-1-27-8-14-4-13(27)10-31-14)9-16-24-7-15(33-16)18-25-26-19(32-18)17(21)22/h3,5-7,13-14,17H,1-2,4,8-10H2/t13?,14-/m0/s1. The molecule has 2 bridgehead atoms. The second kappa shape index (κ2) is 9.20. The van der Waals surface area contributed by atoms with Gasteiger partial charge in [-0.15, -0.1) is 21.5 Å². The summed E-state index contributed by atoms with van der Waals surface area (Å²) < 4.78 is 77.5. The zero-order valence-corrected chi connectivity index (χ0v) is 19.2. The van der Waals surface area contributed by atoms with E-state index in [0.717, 1.165) is 34.3 Å². The minimum Gasteiger partial charge on any atom is -0.414 e. The topological polar surface area (TPSA) is 115 Å². The average molecular weight is 517 g/mol. The van der Waals surface area contributed by atoms with Crippen LogP contribution in [0.1, 0.15) is 23.7 Å². The summed E-state index contributed by atoms with van der Waals surface area (Å²) in [6.45, 7) is 1.38. The van der Waals surface area contributed by atoms with Gasteiger partial charge < -0.3 is 9.15 Å². The Morgan fingerprint density at radius 2 is 2.12 bits per heavy atom. The number of sulfonamides is 1. The Morgan fingerprint density at radius 1 is 1.26 bits per heavy atom. The maximum absolute atomic E-state index is 13.9. The summed E-state index contributed by atoms with van der Waals surface area (Å²) in [5, 5.41) is 7.18. The number of rotatable bonds is 9. The van der Waals surface area contributed by atoms with Crippen molar-refractivity contribution in [1.82, 2.24) is 25.1 Å². The van der Waals surface area contributed by atoms with Crippen LogP contribution in [0.3, 0.4) is 0 Å². The molecule has 0 aromatic carbocycles. The van der Waals surface area contributed by atoms with Gasteiger partial charge in [0.2, 0.25) is 10.0 Å². The number of hydrogen-bond donors (Lipinski definition) is 0. The van der Waals surface area contributed by atoms with Gasteiger partial charge in [-0.1, -0.05) is 0 Å². The van der Waals surface area contributed by atoms with Crippen molar-refractivity contribution in [1.29, 1.82) is 0 Å². The lowest BCUT2D eigenvalue weighted by Gasteiger charge is -2.28. The molecule has 0 spiro atoms. The lowest BCUT2D eigenvalue weighted by molar-refractivity contribution is 0.0332. The van der Waals surface area contributed by atoms with Crippen molar-refractivity contribution < 1.29 is 30.7 Å². The van der Waals surface area contributed by atoms with Gasteiger partial charge in [-0.05, 0) is 6.42 Å². The van der Waals surface area contributed by atoms with E-state index in [4.69, 9.17) is 9.15 Å². The molecule has 0 N–H and O–H groups in total. The summed E-state index contributed by atoms with van der Waals surface area (Å²) in [6.07, 6.45) is 1.69. The predicted molar refractivity (Wildman–Crippen MR) is 114 cm³/mol. The molecule has 5 rings (SSSR count). The van der Waals surface area contributed by atoms with Gasteiger partial charge in [-0.25, -0.2) is 17.8 Å². The smallest absolute Gasteiger partial charge is 0.314 e. The fourth-order valence-electron chi connectivity index (χ4n) is 4.01. The molecule has 10 nitrogen and oxygen atoms in total. The Kier molecular flexibility index (Phi) is 6.26. The van der Waals surface area contributed by atoms with Crippen molar-refractivity contribution in [2.24, 2.45) is 0 Å². The van der Waals surface area contributed by atoms with Crippen LogP contribution in [0, 0.1) is 5.82 Å². The number of ether oxygens (including phenoxy) is 1. The van der Waals surface area contributed by atoms with E-state index in [0.29, 0.717) is 29.6 Å². The molecule has 0 radical (unpaired) electrons. The summed E-state index contributed by atoms with van der Waals surface area (Å²) in [5.41, 5.74) is 0.0563. The highest BCUT2D eigenvalue weighted by Gasteiger charge is 2.39. The zero-order chi connectivity index (χ0) is 23.9. The maximum atomic E-state index is 13.9. The number of anilines is 1. The summed E-state index contributed by atoms with van der Waals surface area (Å²) in [7, 11) is -3.90. The molecule has 2 aliphatic heterocycles. The van der Waals surface area contributed by atoms with Crippen molar-refractivity contribution >= 4 is 27.0 Å². The van der Waals surface area contributed by atoms with Gasteiger partial charge in [0.05, 0.1) is 49.3 Å². The number of pyridine rings is 1. The zero-order valence-electron chi connectivity index (χ0n) is 17.6. The molecule has 2 aliphatic rings. The molecule has 2 atom stereocenters. The Morgan fingerprint density at radius 3 is 2.79 bits per heavy atom. The van der Waals surface area contributed by atoms with E-state index in [1.165, 1.54) is 12.4 Å². The number of nitrogens with zero attached hydrogens (tertiary/aromatic N) is 6. The molecule has 3 aromatic heterocycles. The highest BCUT2D eigenvalue weighted by Crippen LogP contribution is 2.31. The van der Waals surface area contributed by atoms with Gasteiger partial charge >= 0.3 is 6.43 Å². The van der Waals surface area contributed by atoms with Crippen molar-refractivity contribution in [3.05, 3.63) is 41.4 Å². The Balaban J connectivity index is 1.36. The molecular weight excluding hydrogens is 497 g/mol. The number of thiazole rings is 1. The Labute approximate surface area is 196 Å². The summed E-state index contributed by atoms with van der Waals surface area (Å²) in [5.74, 6) is -1.84. The molecule has 3 aromatic rings. The van der Waals surface area contributed by atoms with Crippen LogP contribution in [-0.4, -0.2) is 71.1 Å². The molecule has 34 heavy (non-hydrogen) atoms. The molecule has 2 fully saturated rings. The first-order chi connectivity index (χ1) is 16.3. The van der Waals surface area contributed by atoms with Crippen LogP contribution in [0.4, 0.5) is 18.9 Å². The van der Waals surface area contributed by atoms with Gasteiger partial charge in [0.1, 0.15) is 15.7 Å². The van der Waals surface area contributed by atoms with Gasteiger partial charge in [0.25, 0.3) is 11.8 Å². The SMILES string of the molecule is O=S(=O)(CCN1C[C@@H]2CC1CO2)N(Cc1ncc(-c2nnc(C(F)F)o2)s1)c1cncc(F)c1. The number of likely N-dealkylation sites (tertiary alicyclic amines) is 1. The first kappa shape index (κ1) is 23.1. The molecule has 0 saturated carbocycles. The van der Waals surface area contributed by atoms with E-state index in [1.807, 2.05) is 0 Å². The molecule has 182 valence electrons. The second-order valence-corrected chi connectivity index (χ2v) is 11.0. The van der Waals surface area contributed by atoms with Crippen molar-refractivity contribution in [2.75, 3.05) is 29.8 Å². The number of halogens is 3. The molecule has 0 aliphatic carbocycles. The summed E-state index contributed by atoms with van der Waals surface area (Å²) in [4.78, 5) is 10.3. The van der Waals surface area contributed by atoms with Crippen molar-refractivity contribution in [2.45, 2.75) is 31.5 Å². The minimum absolute atomic E-state index is 0.0563. The Hall–Kier alpha value is -2.62. The number of hydrogen-bond acceptors (Lipinski definition) is 10. The first-order valence-electron chi connectivity index (χ1n) is 10.3. The molecule has 1 unspecified atom stereocenters. The average Bonchev–Trinajstić information content (AvgIpc) is 3.60. The quantitative estimate of drug-likeness (QED) is 0.423. The highest BCUT2D eigenvalue weighted by atomic mass is 32.2. The van der Waals surface area contributed by atoms with Crippen LogP contribution >= 0.6 is 11.3 Å². The fraction of sp³-hybridized carbons (Fsp3) is 0.474. The normalized spacial score (nSPS) is 20.5. The van der Waals surface area contributed by atoms with Crippen LogP contribution in [0.25, 0.3) is 10.8 Å². The number of aromatic nitrogens is 4. The largest absolute Gasteiger partial charge is 0.414 e. The van der Waals surface area contributed by atoms with Crippen LogP contribution in [0.5, 0.6) is 0 Å². The van der Waals surface area contributed by atoms with Crippen LogP contribution in [0.2, 0.25) is 0 Å². The first-order valence-corrected chi connectivity index (χ1v) is 12.7. The van der Waals surface area contributed by atoms with E-state index >= 15 is 0 Å². The molecule has 2 saturated heterocycles. The van der Waals surface area contributed by atoms with Crippen LogP contribution in [-0.2, 0) is 21.3 Å². The Bertz CT molecular complexity index is 1270. The van der Waals surface area contributed by atoms with E-state index < -0.39 is 28.2 Å². The van der Waals surface area contributed by atoms with Gasteiger partial charge in [-0.2, -0.15) is 8.78 Å². The molecule has 15 heteroatoms. The molecule has 0 amide bonds. The molecule has 5 heterocycles. The second-order valence-electron chi connectivity index (χ2n) is 7.89. The third kappa shape index (κ3) is 4.78. The van der Waals surface area contributed by atoms with E-state index in [2.05, 4.69) is 25.1 Å². The van der Waals surface area contributed by atoms with Crippen LogP contribution in [0.15, 0.2) is 29.1 Å². The van der Waals surface area contributed by atoms with Gasteiger partial charge in [-0.3, -0.25) is 14.2 Å². The van der Waals surface area contributed by atoms with Crippen molar-refractivity contribution in [3.8, 4) is 10.8 Å². The van der Waals surface area contributed by atoms with Crippen molar-refractivity contribution in [3.63, 3.8) is 0 Å². The van der Waals surface area contributed by atoms with Gasteiger partial charge in [0.15, 0.2) is 0 Å². The van der Waals surface area contributed by atoms with E-state index in [-0.39, 0.29) is 36.0 Å². The fourth-order valence-corrected chi connectivity index (χ4v) is 6.35. The number of alkyl halides is 2. The number of fused-ring (bicyclic) bond motifs is 2. The number of morpholine rings is 1. The third-order valence-corrected chi connectivity index (χ3v) is 8.32. The monoisotopic (exact) mass is 516 g/mol. The summed E-state index contributed by atoms with van der Waals surface area (Å²) in [6, 6.07) is 1.29. The third-order valence-electron chi connectivity index (χ3n) is 5.64. The highest BCUT2D eigenvalue weighted by molar-refractivity contribution is 7.92. The molecular formula is C19H19F3N6O4S2. The lowest BCUT2D eigenvalue weighted by Crippen LogP contribution is -2.42. The van der Waals surface area contributed by atoms with E-state index in [9.17, 15) is 21.6 Å². The summed E-state index contributed by atoms with van der Waals surface area (Å²) >= 11 is 1.01. The van der Waals surface area contributed by atoms with Gasteiger partial charge in [0, 0.05) is 25.2 Å². The lowest BCUT2D eigenvalue weighted by atomic mass is 10.2.